The molecule has 1 unspecified atom stereocenters. The average Bonchev–Trinajstić information content (AvgIpc) is 3.08. The summed E-state index contributed by atoms with van der Waals surface area (Å²) in [4.78, 5) is 85.4. The monoisotopic (exact) mass is 770 g/mol. The summed E-state index contributed by atoms with van der Waals surface area (Å²) >= 11 is 0. The Hall–Kier alpha value is -3.25. The van der Waals surface area contributed by atoms with Crippen LogP contribution in [0.4, 0.5) is 4.79 Å². The maximum Gasteiger partial charge on any atom is 0.480 e. The first-order valence-corrected chi connectivity index (χ1v) is 20.4. The van der Waals surface area contributed by atoms with Crippen LogP contribution in [0.15, 0.2) is 48.9 Å². The van der Waals surface area contributed by atoms with Crippen molar-refractivity contribution in [3.05, 3.63) is 60.2 Å². The molecule has 18 nitrogen and oxygen atoms in total. The minimum absolute atomic E-state index is 0.0932. The van der Waals surface area contributed by atoms with E-state index in [9.17, 15) is 23.5 Å². The topological polar surface area (TPSA) is 259 Å². The number of nitrogens with one attached hydrogen (secondary N) is 3. The molecule has 0 bridgehead atoms. The predicted octanol–water partition coefficient (Wildman–Crippen LogP) is 1.65. The van der Waals surface area contributed by atoms with Gasteiger partial charge in [0.25, 0.3) is 5.91 Å². The van der Waals surface area contributed by atoms with E-state index in [2.05, 4.69) is 25.5 Å². The minimum atomic E-state index is -5.32. The molecule has 0 aliphatic carbocycles. The van der Waals surface area contributed by atoms with Gasteiger partial charge in [0.2, 0.25) is 11.4 Å². The smallest absolute Gasteiger partial charge is 0.450 e. The van der Waals surface area contributed by atoms with Crippen LogP contribution >= 0.6 is 15.2 Å². The Labute approximate surface area is 303 Å². The molecule has 1 aliphatic rings. The summed E-state index contributed by atoms with van der Waals surface area (Å²) in [7, 11) is -11.4. The Bertz CT molecular complexity index is 1470. The summed E-state index contributed by atoms with van der Waals surface area (Å²) in [5.74, 6) is -1.20. The van der Waals surface area contributed by atoms with Crippen molar-refractivity contribution in [1.82, 2.24) is 30.8 Å². The van der Waals surface area contributed by atoms with Gasteiger partial charge in [0, 0.05) is 45.1 Å². The van der Waals surface area contributed by atoms with Crippen molar-refractivity contribution in [3.8, 4) is 0 Å². The zero-order valence-electron chi connectivity index (χ0n) is 29.3. The lowest BCUT2D eigenvalue weighted by Gasteiger charge is -2.30. The second-order valence-electron chi connectivity index (χ2n) is 12.7. The van der Waals surface area contributed by atoms with Crippen molar-refractivity contribution in [2.75, 3.05) is 39.5 Å². The normalized spacial score (nSPS) is 16.2. The molecule has 1 fully saturated rings. The van der Waals surface area contributed by atoms with Gasteiger partial charge in [-0.2, -0.15) is 0 Å². The lowest BCUT2D eigenvalue weighted by Crippen LogP contribution is -2.56. The number of carbonyl (C=O) groups excluding carboxylic acids is 3. The van der Waals surface area contributed by atoms with Gasteiger partial charge in [-0.05, 0) is 50.1 Å². The summed E-state index contributed by atoms with van der Waals surface area (Å²) in [5.41, 5.74) is -1.72. The molecule has 1 aromatic carbocycles. The number of nitrogens with zero attached hydrogens (tertiary/aromatic N) is 3. The third-order valence-electron chi connectivity index (χ3n) is 7.87. The van der Waals surface area contributed by atoms with Crippen LogP contribution in [-0.4, -0.2) is 116 Å². The van der Waals surface area contributed by atoms with E-state index in [0.717, 1.165) is 5.56 Å². The predicted molar refractivity (Wildman–Crippen MR) is 190 cm³/mol. The first kappa shape index (κ1) is 43.2. The van der Waals surface area contributed by atoms with Crippen molar-refractivity contribution in [3.63, 3.8) is 0 Å². The van der Waals surface area contributed by atoms with Crippen molar-refractivity contribution >= 4 is 40.2 Å². The average molecular weight is 771 g/mol. The van der Waals surface area contributed by atoms with Crippen LogP contribution in [0.5, 0.6) is 0 Å². The number of benzene rings is 1. The van der Waals surface area contributed by atoms with Crippen LogP contribution in [0, 0.1) is 5.92 Å². The fourth-order valence-electron chi connectivity index (χ4n) is 5.44. The molecule has 0 spiro atoms. The number of aromatic nitrogens is 2. The third kappa shape index (κ3) is 15.8. The zero-order chi connectivity index (χ0) is 38.1. The van der Waals surface area contributed by atoms with Crippen LogP contribution in [0.3, 0.4) is 0 Å². The van der Waals surface area contributed by atoms with Gasteiger partial charge in [0.15, 0.2) is 0 Å². The van der Waals surface area contributed by atoms with E-state index in [1.807, 2.05) is 44.2 Å². The molecule has 1 saturated heterocycles. The summed E-state index contributed by atoms with van der Waals surface area (Å²) < 4.78 is 39.9. The Morgan fingerprint density at radius 3 is 2.17 bits per heavy atom. The summed E-state index contributed by atoms with van der Waals surface area (Å²) in [6, 6.07) is 8.46. The number of carbonyl (C=O) groups is 3. The molecule has 0 radical (unpaired) electrons. The van der Waals surface area contributed by atoms with Crippen LogP contribution in [0.25, 0.3) is 0 Å². The first-order valence-electron chi connectivity index (χ1n) is 17.0. The molecule has 2 heterocycles. The van der Waals surface area contributed by atoms with E-state index in [0.29, 0.717) is 65.0 Å². The van der Waals surface area contributed by atoms with Crippen LogP contribution < -0.4 is 16.0 Å². The lowest BCUT2D eigenvalue weighted by molar-refractivity contribution is -0.123. The van der Waals surface area contributed by atoms with Gasteiger partial charge < -0.3 is 49.2 Å². The fraction of sp³-hybridized carbons (Fsp3) is 0.581. The molecule has 0 saturated carbocycles. The first-order chi connectivity index (χ1) is 24.6. The Kier molecular flexibility index (Phi) is 17.8. The molecule has 21 heteroatoms. The van der Waals surface area contributed by atoms with Crippen molar-refractivity contribution < 1.29 is 57.1 Å². The quantitative estimate of drug-likeness (QED) is 0.0686. The van der Waals surface area contributed by atoms with Crippen molar-refractivity contribution in [2.24, 2.45) is 5.92 Å². The number of alkyl carbamates (subject to hydrolysis) is 1. The lowest BCUT2D eigenvalue weighted by atomic mass is 9.73. The Morgan fingerprint density at radius 1 is 0.942 bits per heavy atom. The maximum absolute atomic E-state index is 13.8. The van der Waals surface area contributed by atoms with E-state index in [-0.39, 0.29) is 30.5 Å². The van der Waals surface area contributed by atoms with E-state index in [4.69, 9.17) is 33.6 Å². The Morgan fingerprint density at radius 2 is 1.60 bits per heavy atom. The summed E-state index contributed by atoms with van der Waals surface area (Å²) in [6.45, 7) is 6.71. The summed E-state index contributed by atoms with van der Waals surface area (Å²) in [5, 5.41) is 7.46. The van der Waals surface area contributed by atoms with E-state index < -0.39 is 51.8 Å². The molecule has 288 valence electrons. The minimum Gasteiger partial charge on any atom is -0.450 e. The Balaban J connectivity index is 1.52. The highest BCUT2D eigenvalue weighted by atomic mass is 31.2. The molecule has 3 rings (SSSR count). The molecule has 2 aromatic rings. The number of amides is 3. The maximum atomic E-state index is 13.8. The second-order valence-corrected chi connectivity index (χ2v) is 16.5. The van der Waals surface area contributed by atoms with Crippen LogP contribution in [-0.2, 0) is 34.4 Å². The highest BCUT2D eigenvalue weighted by Gasteiger charge is 2.45. The van der Waals surface area contributed by atoms with E-state index in [1.165, 1.54) is 18.6 Å². The molecule has 52 heavy (non-hydrogen) atoms. The largest absolute Gasteiger partial charge is 0.480 e. The third-order valence-corrected chi connectivity index (χ3v) is 11.2. The highest BCUT2D eigenvalue weighted by Crippen LogP contribution is 2.58. The summed E-state index contributed by atoms with van der Waals surface area (Å²) in [6.07, 6.45) is 6.01. The number of unbranched alkanes of at least 4 members (excludes halogenated alkanes) is 1. The van der Waals surface area contributed by atoms with Gasteiger partial charge >= 0.3 is 28.4 Å². The van der Waals surface area contributed by atoms with Crippen LogP contribution in [0.1, 0.15) is 62.0 Å². The standard InChI is InChI=1S/C31H49BN6O12P2/c1-23(2)20-27(36-28(39)25(21-24-10-4-3-5-11-24)35-29(40)26-22-33-12-13-34-26)32-49-18-8-15-38(16-9-19-50-32)14-6-7-17-48-30(41)37-31(51(42,43)44)52(45,46)47/h3-5,10-13,22-23,25,27,31H,6-9,14-21H2,1-2H3,(H,35,40)(H,36,39)(H,37,41)(H2,42,43,44)(H2,45,46,47)/t25-,27?/m1/s1. The molecule has 7 N–H and O–H groups in total. The van der Waals surface area contributed by atoms with Crippen molar-refractivity contribution in [2.45, 2.75) is 69.9 Å². The van der Waals surface area contributed by atoms with Gasteiger partial charge in [-0.1, -0.05) is 44.2 Å². The number of rotatable bonds is 17. The van der Waals surface area contributed by atoms with Gasteiger partial charge in [0.1, 0.15) is 11.7 Å². The number of hydrogen-bond acceptors (Lipinski definition) is 11. The molecular formula is C31H49BN6O12P2. The number of hydrogen-bond donors (Lipinski definition) is 7. The van der Waals surface area contributed by atoms with E-state index >= 15 is 0 Å². The fourth-order valence-corrected chi connectivity index (χ4v) is 7.56. The molecule has 1 aromatic heterocycles. The van der Waals surface area contributed by atoms with Gasteiger partial charge in [-0.25, -0.2) is 9.78 Å². The number of ether oxygens (including phenoxy) is 1. The van der Waals surface area contributed by atoms with Crippen molar-refractivity contribution in [1.29, 1.82) is 0 Å². The van der Waals surface area contributed by atoms with E-state index in [1.54, 1.807) is 5.32 Å². The SMILES string of the molecule is CC(C)CC(NC(=O)[C@@H](Cc1ccccc1)NC(=O)c1cnccn1)B1OCCCN(CCCCOC(=O)NC(P(=O)(O)O)P(=O)(O)O)CCCO1. The highest BCUT2D eigenvalue weighted by molar-refractivity contribution is 7.70. The zero-order valence-corrected chi connectivity index (χ0v) is 31.1. The van der Waals surface area contributed by atoms with Gasteiger partial charge in [-0.3, -0.25) is 29.0 Å². The van der Waals surface area contributed by atoms with Gasteiger partial charge in [-0.15, -0.1) is 0 Å². The molecular weight excluding hydrogens is 721 g/mol. The van der Waals surface area contributed by atoms with Gasteiger partial charge in [0.05, 0.1) is 18.7 Å². The second kappa shape index (κ2) is 21.5. The molecule has 3 amide bonds. The van der Waals surface area contributed by atoms with Crippen LogP contribution in [0.2, 0.25) is 0 Å². The molecule has 1 aliphatic heterocycles. The molecule has 2 atom stereocenters.